The zero-order chi connectivity index (χ0) is 13.5. The van der Waals surface area contributed by atoms with Crippen LogP contribution in [0.15, 0.2) is 40.2 Å². The molecule has 0 aromatic heterocycles. The van der Waals surface area contributed by atoms with Gasteiger partial charge in [-0.3, -0.25) is 4.79 Å². The van der Waals surface area contributed by atoms with Crippen LogP contribution < -0.4 is 5.32 Å². The Balaban J connectivity index is 2.87. The normalized spacial score (nSPS) is 9.83. The number of nitrogens with one attached hydrogen (secondary N) is 1. The van der Waals surface area contributed by atoms with Crippen LogP contribution in [0.4, 0.5) is 5.69 Å². The van der Waals surface area contributed by atoms with Crippen molar-refractivity contribution in [2.75, 3.05) is 7.05 Å². The lowest BCUT2D eigenvalue weighted by Crippen LogP contribution is -2.19. The molecule has 0 aliphatic heterocycles. The second kappa shape index (κ2) is 6.07. The summed E-state index contributed by atoms with van der Waals surface area (Å²) < 4.78 is 0. The van der Waals surface area contributed by atoms with Crippen LogP contribution in [0.5, 0.6) is 0 Å². The van der Waals surface area contributed by atoms with Crippen molar-refractivity contribution in [2.45, 2.75) is 0 Å². The topological polar surface area (TPSA) is 113 Å². The summed E-state index contributed by atoms with van der Waals surface area (Å²) in [5.74, 6) is -0.0811. The van der Waals surface area contributed by atoms with Crippen molar-refractivity contribution in [3.63, 3.8) is 0 Å². The van der Waals surface area contributed by atoms with Crippen molar-refractivity contribution in [2.24, 2.45) is 10.2 Å². The highest BCUT2D eigenvalue weighted by atomic mass is 16.4. The first-order valence-corrected chi connectivity index (χ1v) is 4.82. The van der Waals surface area contributed by atoms with Crippen LogP contribution in [-0.4, -0.2) is 29.9 Å². The minimum atomic E-state index is -1.05. The summed E-state index contributed by atoms with van der Waals surface area (Å²) in [7, 11) is 1.37. The second-order valence-electron chi connectivity index (χ2n) is 3.09. The Morgan fingerprint density at radius 3 is 2.39 bits per heavy atom. The number of carbonyl (C=O) groups is 2. The van der Waals surface area contributed by atoms with Gasteiger partial charge < -0.3 is 15.8 Å². The van der Waals surface area contributed by atoms with Gasteiger partial charge in [-0.25, -0.2) is 10.7 Å². The van der Waals surface area contributed by atoms with Crippen molar-refractivity contribution in [3.8, 4) is 0 Å². The van der Waals surface area contributed by atoms with Crippen molar-refractivity contribution in [1.82, 2.24) is 5.32 Å². The average Bonchev–Trinajstić information content (AvgIpc) is 2.39. The Bertz CT molecular complexity index is 542. The molecule has 7 heteroatoms. The van der Waals surface area contributed by atoms with Gasteiger partial charge in [0.15, 0.2) is 5.70 Å². The summed E-state index contributed by atoms with van der Waals surface area (Å²) in [5.41, 5.74) is 0.0844. The highest BCUT2D eigenvalue weighted by molar-refractivity contribution is 6.01. The number of likely N-dealkylation sites (N-methyl/N-ethyl adjacent to an activating group) is 1. The maximum Gasteiger partial charge on any atom is 0.335 e. The summed E-state index contributed by atoms with van der Waals surface area (Å²) in [6, 6.07) is 5.54. The number of rotatable bonds is 4. The first-order valence-electron chi connectivity index (χ1n) is 4.82. The van der Waals surface area contributed by atoms with E-state index < -0.39 is 11.9 Å². The molecule has 1 aromatic carbocycles. The number of aromatic carboxylic acids is 1. The fourth-order valence-corrected chi connectivity index (χ4v) is 1.02. The molecule has 0 bridgehead atoms. The van der Waals surface area contributed by atoms with Gasteiger partial charge in [-0.05, 0) is 24.3 Å². The van der Waals surface area contributed by atoms with E-state index in [0.717, 1.165) is 0 Å². The van der Waals surface area contributed by atoms with Crippen LogP contribution in [0.3, 0.4) is 0 Å². The molecule has 2 N–H and O–H groups in total. The number of benzene rings is 1. The highest BCUT2D eigenvalue weighted by Crippen LogP contribution is 2.14. The minimum absolute atomic E-state index is 0.115. The Morgan fingerprint density at radius 1 is 1.33 bits per heavy atom. The molecule has 92 valence electrons. The molecule has 0 aliphatic rings. The van der Waals surface area contributed by atoms with Gasteiger partial charge >= 0.3 is 5.97 Å². The van der Waals surface area contributed by atoms with E-state index in [1.807, 2.05) is 0 Å². The number of amides is 1. The molecule has 1 aromatic rings. The zero-order valence-corrected chi connectivity index (χ0v) is 9.41. The Hall–Kier alpha value is -2.79. The van der Waals surface area contributed by atoms with E-state index in [-0.39, 0.29) is 11.3 Å². The van der Waals surface area contributed by atoms with E-state index in [9.17, 15) is 9.59 Å². The molecule has 0 saturated carbocycles. The maximum atomic E-state index is 11.1. The molecule has 0 unspecified atom stereocenters. The van der Waals surface area contributed by atoms with E-state index in [1.165, 1.54) is 31.3 Å². The first kappa shape index (κ1) is 13.3. The van der Waals surface area contributed by atoms with Crippen LogP contribution in [0, 0.1) is 0 Å². The van der Waals surface area contributed by atoms with Crippen LogP contribution in [0.2, 0.25) is 0 Å². The number of hydrogen-bond acceptors (Lipinski definition) is 4. The van der Waals surface area contributed by atoms with Gasteiger partial charge in [0.2, 0.25) is 0 Å². The Labute approximate surface area is 102 Å². The highest BCUT2D eigenvalue weighted by Gasteiger charge is 2.03. The molecule has 18 heavy (non-hydrogen) atoms. The Morgan fingerprint density at radius 2 is 1.94 bits per heavy atom. The standard InChI is InChI=1S/C11H9N4O3/c1-13-10(16)9(6-12)15-14-8-4-2-7(3-5-8)11(17)18/h2-5H,1H3,(H,13,16)(H,17,18)/q-1. The van der Waals surface area contributed by atoms with E-state index >= 15 is 0 Å². The summed E-state index contributed by atoms with van der Waals surface area (Å²) >= 11 is 0. The lowest BCUT2D eigenvalue weighted by Gasteiger charge is -1.98. The lowest BCUT2D eigenvalue weighted by molar-refractivity contribution is -0.116. The minimum Gasteiger partial charge on any atom is -0.761 e. The molecule has 0 aliphatic carbocycles. The lowest BCUT2D eigenvalue weighted by atomic mass is 10.2. The maximum absolute atomic E-state index is 11.1. The van der Waals surface area contributed by atoms with Crippen molar-refractivity contribution in [3.05, 3.63) is 40.9 Å². The molecule has 7 nitrogen and oxygen atoms in total. The monoisotopic (exact) mass is 245 g/mol. The molecule has 0 radical (unpaired) electrons. The molecule has 0 heterocycles. The molecular formula is C11H9N4O3-. The third kappa shape index (κ3) is 3.36. The zero-order valence-electron chi connectivity index (χ0n) is 9.41. The summed E-state index contributed by atoms with van der Waals surface area (Å²) in [5, 5.41) is 26.7. The molecule has 1 rings (SSSR count). The Kier molecular flexibility index (Phi) is 4.48. The van der Waals surface area contributed by atoms with Crippen molar-refractivity contribution < 1.29 is 14.7 Å². The van der Waals surface area contributed by atoms with Gasteiger partial charge in [-0.15, -0.1) is 10.2 Å². The number of carbonyl (C=O) groups excluding carboxylic acids is 1. The van der Waals surface area contributed by atoms with Crippen LogP contribution >= 0.6 is 0 Å². The average molecular weight is 245 g/mol. The molecule has 0 fully saturated rings. The fourth-order valence-electron chi connectivity index (χ4n) is 1.02. The molecule has 0 saturated heterocycles. The van der Waals surface area contributed by atoms with E-state index in [4.69, 9.17) is 10.5 Å². The van der Waals surface area contributed by atoms with Gasteiger partial charge in [-0.2, -0.15) is 0 Å². The van der Waals surface area contributed by atoms with Crippen LogP contribution in [0.25, 0.3) is 5.41 Å². The smallest absolute Gasteiger partial charge is 0.335 e. The van der Waals surface area contributed by atoms with Gasteiger partial charge in [0.1, 0.15) is 0 Å². The molecular weight excluding hydrogens is 236 g/mol. The SMILES string of the molecule is CNC(=O)C(=C=[N-])N=Nc1ccc(C(=O)O)cc1. The summed E-state index contributed by atoms with van der Waals surface area (Å²) in [4.78, 5) is 21.7. The van der Waals surface area contributed by atoms with Crippen molar-refractivity contribution in [1.29, 1.82) is 0 Å². The molecule has 0 atom stereocenters. The predicted molar refractivity (Wildman–Crippen MR) is 63.9 cm³/mol. The van der Waals surface area contributed by atoms with E-state index in [1.54, 1.807) is 5.87 Å². The quantitative estimate of drug-likeness (QED) is 0.473. The largest absolute Gasteiger partial charge is 0.761 e. The van der Waals surface area contributed by atoms with Crippen LogP contribution in [-0.2, 0) is 4.79 Å². The van der Waals surface area contributed by atoms with Gasteiger partial charge in [0.05, 0.1) is 11.3 Å². The number of carboxylic acid groups (broad SMARTS) is 1. The second-order valence-corrected chi connectivity index (χ2v) is 3.09. The van der Waals surface area contributed by atoms with Gasteiger partial charge in [0, 0.05) is 7.05 Å². The van der Waals surface area contributed by atoms with Crippen LogP contribution in [0.1, 0.15) is 10.4 Å². The molecule has 0 spiro atoms. The third-order valence-electron chi connectivity index (χ3n) is 1.93. The fraction of sp³-hybridized carbons (Fsp3) is 0.0909. The van der Waals surface area contributed by atoms with E-state index in [2.05, 4.69) is 15.5 Å². The van der Waals surface area contributed by atoms with E-state index in [0.29, 0.717) is 5.69 Å². The summed E-state index contributed by atoms with van der Waals surface area (Å²) in [6.45, 7) is 0. The number of nitrogens with zero attached hydrogens (tertiary/aromatic N) is 3. The summed E-state index contributed by atoms with van der Waals surface area (Å²) in [6.07, 6.45) is 0. The van der Waals surface area contributed by atoms with Crippen molar-refractivity contribution >= 4 is 23.4 Å². The third-order valence-corrected chi connectivity index (χ3v) is 1.93. The van der Waals surface area contributed by atoms with Gasteiger partial charge in [0.25, 0.3) is 5.91 Å². The number of carboxylic acids is 1. The molecule has 1 amide bonds. The predicted octanol–water partition coefficient (Wildman–Crippen LogP) is 1.34. The number of hydrogen-bond donors (Lipinski definition) is 2. The first-order chi connectivity index (χ1) is 8.58. The number of azo groups is 1. The van der Waals surface area contributed by atoms with Gasteiger partial charge in [-0.1, -0.05) is 0 Å².